The van der Waals surface area contributed by atoms with Crippen molar-refractivity contribution in [1.29, 1.82) is 0 Å². The van der Waals surface area contributed by atoms with E-state index in [2.05, 4.69) is 5.43 Å². The third-order valence-electron chi connectivity index (χ3n) is 12.2. The number of likely N-dealkylation sites (tertiary alicyclic amines) is 1. The number of fused-ring (bicyclic) bond motifs is 5. The van der Waals surface area contributed by atoms with Crippen LogP contribution in [0.5, 0.6) is 11.5 Å². The highest BCUT2D eigenvalue weighted by molar-refractivity contribution is 6.36. The second kappa shape index (κ2) is 14.6. The normalized spacial score (nSPS) is 25.6. The number of carboxylic acids is 1. The summed E-state index contributed by atoms with van der Waals surface area (Å²) in [7, 11) is 1.53. The van der Waals surface area contributed by atoms with E-state index in [1.807, 2.05) is 30.3 Å². The molecule has 1 saturated carbocycles. The van der Waals surface area contributed by atoms with Gasteiger partial charge in [0, 0.05) is 34.9 Å². The van der Waals surface area contributed by atoms with Crippen LogP contribution in [0.2, 0.25) is 10.0 Å². The number of carbonyl (C=O) groups is 5. The molecule has 13 heteroatoms. The number of imide groups is 2. The number of aromatic hydroxyl groups is 1. The number of anilines is 1. The number of rotatable bonds is 11. The lowest BCUT2D eigenvalue weighted by Crippen LogP contribution is -2.53. The van der Waals surface area contributed by atoms with Gasteiger partial charge in [-0.1, -0.05) is 89.8 Å². The van der Waals surface area contributed by atoms with Crippen molar-refractivity contribution < 1.29 is 38.9 Å². The van der Waals surface area contributed by atoms with Gasteiger partial charge in [0.2, 0.25) is 11.8 Å². The summed E-state index contributed by atoms with van der Waals surface area (Å²) in [4.78, 5) is 71.2. The van der Waals surface area contributed by atoms with Gasteiger partial charge >= 0.3 is 5.97 Å². The predicted molar refractivity (Wildman–Crippen MR) is 209 cm³/mol. The van der Waals surface area contributed by atoms with Crippen molar-refractivity contribution >= 4 is 69.3 Å². The van der Waals surface area contributed by atoms with Gasteiger partial charge in [-0.3, -0.25) is 34.3 Å². The molecule has 2 aliphatic heterocycles. The Morgan fingerprint density at radius 3 is 2.41 bits per heavy atom. The van der Waals surface area contributed by atoms with Gasteiger partial charge in [-0.05, 0) is 72.9 Å². The zero-order valence-corrected chi connectivity index (χ0v) is 31.9. The van der Waals surface area contributed by atoms with Gasteiger partial charge in [-0.2, -0.15) is 5.01 Å². The number of carboxylic acid groups (broad SMARTS) is 1. The Labute approximate surface area is 332 Å². The number of carbonyl (C=O) groups excluding carboxylic acids is 4. The van der Waals surface area contributed by atoms with Crippen molar-refractivity contribution in [3.05, 3.63) is 112 Å². The van der Waals surface area contributed by atoms with Gasteiger partial charge in [0.15, 0.2) is 0 Å². The summed E-state index contributed by atoms with van der Waals surface area (Å²) in [5, 5.41) is 24.1. The Morgan fingerprint density at radius 1 is 0.911 bits per heavy atom. The third-order valence-corrected chi connectivity index (χ3v) is 12.7. The second-order valence-electron chi connectivity index (χ2n) is 15.0. The van der Waals surface area contributed by atoms with Gasteiger partial charge in [-0.15, -0.1) is 0 Å². The van der Waals surface area contributed by atoms with Crippen molar-refractivity contribution in [1.82, 2.24) is 9.91 Å². The Kier molecular flexibility index (Phi) is 9.78. The first-order valence-electron chi connectivity index (χ1n) is 18.7. The highest BCUT2D eigenvalue weighted by Gasteiger charge is 2.70. The molecule has 4 aromatic carbocycles. The van der Waals surface area contributed by atoms with Crippen molar-refractivity contribution in [2.45, 2.75) is 49.9 Å². The Morgan fingerprint density at radius 2 is 1.68 bits per heavy atom. The van der Waals surface area contributed by atoms with Crippen LogP contribution in [-0.2, 0) is 29.4 Å². The molecule has 3 fully saturated rings. The van der Waals surface area contributed by atoms with E-state index in [9.17, 15) is 24.3 Å². The lowest BCUT2D eigenvalue weighted by atomic mass is 9.49. The van der Waals surface area contributed by atoms with E-state index in [1.54, 1.807) is 48.5 Å². The van der Waals surface area contributed by atoms with E-state index in [-0.39, 0.29) is 54.1 Å². The molecular formula is C43H39Cl2N3O8. The van der Waals surface area contributed by atoms with Crippen molar-refractivity contribution in [3.63, 3.8) is 0 Å². The van der Waals surface area contributed by atoms with Gasteiger partial charge in [0.25, 0.3) is 11.8 Å². The van der Waals surface area contributed by atoms with E-state index in [1.165, 1.54) is 18.1 Å². The number of halogens is 2. The van der Waals surface area contributed by atoms with Crippen LogP contribution in [0.1, 0.15) is 55.6 Å². The maximum atomic E-state index is 15.5. The van der Waals surface area contributed by atoms with Crippen LogP contribution in [0.4, 0.5) is 5.69 Å². The van der Waals surface area contributed by atoms with Crippen molar-refractivity contribution in [2.75, 3.05) is 19.1 Å². The minimum Gasteiger partial charge on any atom is -0.507 e. The number of methoxy groups -OCH3 is 1. The molecule has 56 heavy (non-hydrogen) atoms. The molecule has 2 saturated heterocycles. The predicted octanol–water partition coefficient (Wildman–Crippen LogP) is 7.49. The number of nitrogens with zero attached hydrogens (tertiary/aromatic N) is 2. The topological polar surface area (TPSA) is 154 Å². The molecule has 0 spiro atoms. The molecule has 8 rings (SSSR count). The molecule has 2 heterocycles. The van der Waals surface area contributed by atoms with Crippen LogP contribution in [0.15, 0.2) is 90.5 Å². The number of hydrogen-bond acceptors (Lipinski definition) is 8. The number of hydrogen-bond donors (Lipinski definition) is 3. The SMILES string of the molecule is COc1ccc(C23C(=O)N(Nc4ccc(Cl)cc4Cl)C(=O)C2CC2C(=CCC4C(=O)N(CCCCCC(=O)O)C(=O)C42)C3c2ccc3ccccc3c2O)cc1. The molecule has 0 bridgehead atoms. The number of phenolic OH excluding ortho intramolecular Hbond substituents is 1. The van der Waals surface area contributed by atoms with Gasteiger partial charge < -0.3 is 14.9 Å². The smallest absolute Gasteiger partial charge is 0.303 e. The van der Waals surface area contributed by atoms with Crippen molar-refractivity contribution in [2.24, 2.45) is 23.7 Å². The zero-order chi connectivity index (χ0) is 39.5. The number of ether oxygens (including phenoxy) is 1. The molecule has 4 aliphatic rings. The van der Waals surface area contributed by atoms with E-state index >= 15 is 4.79 Å². The summed E-state index contributed by atoms with van der Waals surface area (Å²) < 4.78 is 5.48. The minimum atomic E-state index is -1.63. The fourth-order valence-electron chi connectivity index (χ4n) is 9.70. The van der Waals surface area contributed by atoms with Crippen LogP contribution in [-0.4, -0.2) is 63.4 Å². The minimum absolute atomic E-state index is 0.00564. The van der Waals surface area contributed by atoms with Gasteiger partial charge in [-0.25, -0.2) is 0 Å². The molecule has 0 radical (unpaired) electrons. The number of nitrogens with one attached hydrogen (secondary N) is 1. The van der Waals surface area contributed by atoms with Crippen LogP contribution in [0.25, 0.3) is 10.8 Å². The quantitative estimate of drug-likeness (QED) is 0.0796. The summed E-state index contributed by atoms with van der Waals surface area (Å²) in [6.07, 6.45) is 3.69. The first-order chi connectivity index (χ1) is 27.0. The standard InChI is InChI=1S/C43H39Cl2N3O8/c1-56-26-14-11-24(12-15-26)43-32(40(53)48(42(43)55)46-34-19-13-25(44)21-33(34)45)22-31-28(37(43)30-16-10-23-7-4-5-8-27(23)38(30)51)17-18-29-36(31)41(54)47(39(29)52)20-6-2-3-9-35(49)50/h4-5,7-8,10-17,19,21,29,31-32,36-37,46,51H,2-3,6,9,18,20,22H2,1H3,(H,49,50). The fourth-order valence-corrected chi connectivity index (χ4v) is 10.2. The van der Waals surface area contributed by atoms with E-state index < -0.39 is 52.8 Å². The molecule has 2 aliphatic carbocycles. The third kappa shape index (κ3) is 5.90. The molecule has 4 amide bonds. The molecule has 288 valence electrons. The molecule has 4 aromatic rings. The number of unbranched alkanes of at least 4 members (excludes halogenated alkanes) is 2. The number of amides is 4. The lowest BCUT2D eigenvalue weighted by molar-refractivity contribution is -0.141. The van der Waals surface area contributed by atoms with Gasteiger partial charge in [0.1, 0.15) is 11.5 Å². The Hall–Kier alpha value is -5.39. The van der Waals surface area contributed by atoms with E-state index in [0.717, 1.165) is 10.4 Å². The molecule has 11 nitrogen and oxygen atoms in total. The molecule has 3 N–H and O–H groups in total. The summed E-state index contributed by atoms with van der Waals surface area (Å²) in [5.41, 5.74) is 3.28. The molecule has 6 atom stereocenters. The number of phenols is 1. The zero-order valence-electron chi connectivity index (χ0n) is 30.4. The highest BCUT2D eigenvalue weighted by Crippen LogP contribution is 2.65. The molecule has 0 aromatic heterocycles. The second-order valence-corrected chi connectivity index (χ2v) is 15.8. The average Bonchev–Trinajstić information content (AvgIpc) is 3.56. The first kappa shape index (κ1) is 37.5. The average molecular weight is 797 g/mol. The Balaban J connectivity index is 1.29. The largest absolute Gasteiger partial charge is 0.507 e. The summed E-state index contributed by atoms with van der Waals surface area (Å²) in [6.45, 7) is 0.164. The molecule has 6 unspecified atom stereocenters. The first-order valence-corrected chi connectivity index (χ1v) is 19.4. The van der Waals surface area contributed by atoms with Crippen LogP contribution < -0.4 is 10.2 Å². The maximum Gasteiger partial charge on any atom is 0.303 e. The van der Waals surface area contributed by atoms with Crippen LogP contribution >= 0.6 is 23.2 Å². The number of hydrazine groups is 1. The van der Waals surface area contributed by atoms with Crippen molar-refractivity contribution in [3.8, 4) is 11.5 Å². The van der Waals surface area contributed by atoms with Gasteiger partial charge in [0.05, 0.1) is 41.0 Å². The number of allylic oxidation sites excluding steroid dienone is 2. The lowest BCUT2D eigenvalue weighted by Gasteiger charge is -2.50. The Bertz CT molecular complexity index is 2330. The molecular weight excluding hydrogens is 757 g/mol. The summed E-state index contributed by atoms with van der Waals surface area (Å²) in [6, 6.07) is 22.7. The van der Waals surface area contributed by atoms with Crippen LogP contribution in [0, 0.1) is 23.7 Å². The number of aliphatic carboxylic acids is 1. The van der Waals surface area contributed by atoms with E-state index in [0.29, 0.717) is 52.1 Å². The maximum absolute atomic E-state index is 15.5. The summed E-state index contributed by atoms with van der Waals surface area (Å²) in [5.74, 6) is -6.23. The number of benzene rings is 4. The summed E-state index contributed by atoms with van der Waals surface area (Å²) >= 11 is 12.7. The van der Waals surface area contributed by atoms with E-state index in [4.69, 9.17) is 33.0 Å². The van der Waals surface area contributed by atoms with Crippen LogP contribution in [0.3, 0.4) is 0 Å². The fraction of sp³-hybridized carbons (Fsp3) is 0.326. The monoisotopic (exact) mass is 795 g/mol. The highest BCUT2D eigenvalue weighted by atomic mass is 35.5.